The number of rotatable bonds is 7. The molecule has 0 saturated heterocycles. The summed E-state index contributed by atoms with van der Waals surface area (Å²) in [6, 6.07) is 11.6. The quantitative estimate of drug-likeness (QED) is 0.387. The maximum absolute atomic E-state index is 12.2. The highest BCUT2D eigenvalue weighted by molar-refractivity contribution is 7.80. The highest BCUT2D eigenvalue weighted by atomic mass is 35.5. The van der Waals surface area contributed by atoms with Crippen molar-refractivity contribution in [1.82, 2.24) is 5.32 Å². The normalized spacial score (nSPS) is 10.2. The fraction of sp³-hybridized carbons (Fsp3) is 0.250. The molecule has 2 amide bonds. The smallest absolute Gasteiger partial charge is 0.257 e. The highest BCUT2D eigenvalue weighted by Gasteiger charge is 2.10. The summed E-state index contributed by atoms with van der Waals surface area (Å²) >= 11 is 17.0. The van der Waals surface area contributed by atoms with E-state index >= 15 is 0 Å². The third-order valence-corrected chi connectivity index (χ3v) is 4.43. The molecule has 0 aliphatic rings. The fourth-order valence-electron chi connectivity index (χ4n) is 2.42. The average molecular weight is 438 g/mol. The van der Waals surface area contributed by atoms with Gasteiger partial charge in [-0.15, -0.1) is 0 Å². The summed E-state index contributed by atoms with van der Waals surface area (Å²) in [6.45, 7) is 2.10. The number of thiocarbonyl (C=S) groups is 1. The Labute approximate surface area is 179 Å². The van der Waals surface area contributed by atoms with Crippen LogP contribution in [0.3, 0.4) is 0 Å². The van der Waals surface area contributed by atoms with E-state index in [1.165, 1.54) is 12.1 Å². The zero-order valence-electron chi connectivity index (χ0n) is 15.4. The molecule has 3 N–H and O–H groups in total. The lowest BCUT2D eigenvalue weighted by Gasteiger charge is -2.11. The van der Waals surface area contributed by atoms with E-state index in [4.69, 9.17) is 35.4 Å². The molecule has 5 nitrogen and oxygen atoms in total. The third kappa shape index (κ3) is 7.46. The monoisotopic (exact) mass is 437 g/mol. The average Bonchev–Trinajstić information content (AvgIpc) is 2.62. The van der Waals surface area contributed by atoms with Crippen LogP contribution in [-0.2, 0) is 4.79 Å². The number of anilines is 2. The van der Waals surface area contributed by atoms with Crippen LogP contribution in [-0.4, -0.2) is 16.9 Å². The third-order valence-electron chi connectivity index (χ3n) is 3.79. The molecule has 0 aliphatic heterocycles. The van der Waals surface area contributed by atoms with Gasteiger partial charge in [-0.05, 0) is 61.1 Å². The van der Waals surface area contributed by atoms with Gasteiger partial charge in [-0.3, -0.25) is 14.9 Å². The fourth-order valence-corrected chi connectivity index (χ4v) is 3.16. The SMILES string of the molecule is CCCCCC(=O)Nc1ccc(NC(=S)NC(=O)c2cc(Cl)cc(Cl)c2)cc1. The number of nitrogens with one attached hydrogen (secondary N) is 3. The summed E-state index contributed by atoms with van der Waals surface area (Å²) in [5, 5.41) is 9.20. The van der Waals surface area contributed by atoms with Crippen molar-refractivity contribution in [3.8, 4) is 0 Å². The first-order valence-corrected chi connectivity index (χ1v) is 10.0. The van der Waals surface area contributed by atoms with Gasteiger partial charge in [0.1, 0.15) is 0 Å². The van der Waals surface area contributed by atoms with Gasteiger partial charge in [0.25, 0.3) is 5.91 Å². The van der Waals surface area contributed by atoms with Gasteiger partial charge in [0, 0.05) is 33.4 Å². The van der Waals surface area contributed by atoms with Crippen molar-refractivity contribution in [2.45, 2.75) is 32.6 Å². The maximum atomic E-state index is 12.2. The van der Waals surface area contributed by atoms with E-state index < -0.39 is 5.91 Å². The number of amides is 2. The Bertz CT molecular complexity index is 837. The van der Waals surface area contributed by atoms with Gasteiger partial charge in [-0.1, -0.05) is 43.0 Å². The molecule has 0 saturated carbocycles. The number of halogens is 2. The number of benzene rings is 2. The number of unbranched alkanes of at least 4 members (excludes halogenated alkanes) is 2. The highest BCUT2D eigenvalue weighted by Crippen LogP contribution is 2.19. The van der Waals surface area contributed by atoms with Crippen molar-refractivity contribution in [3.63, 3.8) is 0 Å². The van der Waals surface area contributed by atoms with Crippen LogP contribution >= 0.6 is 35.4 Å². The van der Waals surface area contributed by atoms with E-state index in [0.717, 1.165) is 19.3 Å². The Morgan fingerprint density at radius 1 is 0.929 bits per heavy atom. The lowest BCUT2D eigenvalue weighted by atomic mass is 10.2. The predicted molar refractivity (Wildman–Crippen MR) is 119 cm³/mol. The molecule has 0 radical (unpaired) electrons. The van der Waals surface area contributed by atoms with Crippen LogP contribution in [0.4, 0.5) is 11.4 Å². The second-order valence-corrected chi connectivity index (χ2v) is 7.43. The molecule has 2 aromatic carbocycles. The minimum atomic E-state index is -0.419. The Hall–Kier alpha value is -2.15. The molecule has 0 aliphatic carbocycles. The van der Waals surface area contributed by atoms with Gasteiger partial charge in [0.05, 0.1) is 0 Å². The standard InChI is InChI=1S/C20H21Cl2N3O2S/c1-2-3-4-5-18(26)23-16-6-8-17(9-7-16)24-20(28)25-19(27)13-10-14(21)12-15(22)11-13/h6-12H,2-5H2,1H3,(H,23,26)(H2,24,25,27,28). The van der Waals surface area contributed by atoms with Crippen molar-refractivity contribution in [2.75, 3.05) is 10.6 Å². The van der Waals surface area contributed by atoms with Crippen LogP contribution in [0.25, 0.3) is 0 Å². The summed E-state index contributed by atoms with van der Waals surface area (Å²) in [7, 11) is 0. The number of carbonyl (C=O) groups excluding carboxylic acids is 2. The van der Waals surface area contributed by atoms with Crippen LogP contribution in [0, 0.1) is 0 Å². The predicted octanol–water partition coefficient (Wildman–Crippen LogP) is 5.64. The van der Waals surface area contributed by atoms with Gasteiger partial charge in [0.2, 0.25) is 5.91 Å². The summed E-state index contributed by atoms with van der Waals surface area (Å²) < 4.78 is 0. The Morgan fingerprint density at radius 3 is 2.07 bits per heavy atom. The van der Waals surface area contributed by atoms with Crippen molar-refractivity contribution in [3.05, 3.63) is 58.1 Å². The number of hydrogen-bond donors (Lipinski definition) is 3. The van der Waals surface area contributed by atoms with E-state index in [9.17, 15) is 9.59 Å². The second kappa shape index (κ2) is 11.0. The van der Waals surface area contributed by atoms with Gasteiger partial charge in [-0.25, -0.2) is 0 Å². The topological polar surface area (TPSA) is 70.2 Å². The Kier molecular flexibility index (Phi) is 8.70. The molecular weight excluding hydrogens is 417 g/mol. The molecule has 0 spiro atoms. The summed E-state index contributed by atoms with van der Waals surface area (Å²) in [6.07, 6.45) is 3.51. The molecular formula is C20H21Cl2N3O2S. The Morgan fingerprint density at radius 2 is 1.50 bits per heavy atom. The molecule has 2 aromatic rings. The Balaban J connectivity index is 1.86. The first kappa shape index (κ1) is 22.1. The van der Waals surface area contributed by atoms with E-state index in [0.29, 0.717) is 33.4 Å². The minimum absolute atomic E-state index is 0.00266. The molecule has 148 valence electrons. The minimum Gasteiger partial charge on any atom is -0.332 e. The van der Waals surface area contributed by atoms with Crippen molar-refractivity contribution >= 4 is 63.7 Å². The van der Waals surface area contributed by atoms with E-state index in [-0.39, 0.29) is 11.0 Å². The molecule has 0 aromatic heterocycles. The molecule has 8 heteroatoms. The first-order chi connectivity index (χ1) is 13.4. The van der Waals surface area contributed by atoms with Crippen LogP contribution in [0.5, 0.6) is 0 Å². The zero-order chi connectivity index (χ0) is 20.5. The van der Waals surface area contributed by atoms with E-state index in [1.807, 2.05) is 0 Å². The summed E-state index contributed by atoms with van der Waals surface area (Å²) in [5.74, 6) is -0.421. The van der Waals surface area contributed by atoms with Gasteiger partial charge in [0.15, 0.2) is 5.11 Å². The van der Waals surface area contributed by atoms with Gasteiger partial charge >= 0.3 is 0 Å². The number of carbonyl (C=O) groups is 2. The summed E-state index contributed by atoms with van der Waals surface area (Å²) in [4.78, 5) is 24.1. The first-order valence-electron chi connectivity index (χ1n) is 8.85. The molecule has 2 rings (SSSR count). The lowest BCUT2D eigenvalue weighted by Crippen LogP contribution is -2.34. The molecule has 28 heavy (non-hydrogen) atoms. The van der Waals surface area contributed by atoms with Crippen LogP contribution < -0.4 is 16.0 Å². The molecule has 0 fully saturated rings. The summed E-state index contributed by atoms with van der Waals surface area (Å²) in [5.41, 5.74) is 1.69. The van der Waals surface area contributed by atoms with Crippen molar-refractivity contribution in [1.29, 1.82) is 0 Å². The largest absolute Gasteiger partial charge is 0.332 e. The molecule has 0 heterocycles. The van der Waals surface area contributed by atoms with Crippen LogP contribution in [0.1, 0.15) is 43.0 Å². The van der Waals surface area contributed by atoms with E-state index in [2.05, 4.69) is 22.9 Å². The number of hydrogen-bond acceptors (Lipinski definition) is 3. The van der Waals surface area contributed by atoms with E-state index in [1.54, 1.807) is 30.3 Å². The molecule has 0 atom stereocenters. The van der Waals surface area contributed by atoms with Crippen LogP contribution in [0.15, 0.2) is 42.5 Å². The lowest BCUT2D eigenvalue weighted by molar-refractivity contribution is -0.116. The second-order valence-electron chi connectivity index (χ2n) is 6.15. The van der Waals surface area contributed by atoms with Gasteiger partial charge < -0.3 is 10.6 Å². The van der Waals surface area contributed by atoms with Crippen molar-refractivity contribution in [2.24, 2.45) is 0 Å². The van der Waals surface area contributed by atoms with Crippen LogP contribution in [0.2, 0.25) is 10.0 Å². The zero-order valence-corrected chi connectivity index (χ0v) is 17.7. The van der Waals surface area contributed by atoms with Gasteiger partial charge in [-0.2, -0.15) is 0 Å². The molecule has 0 bridgehead atoms. The molecule has 0 unspecified atom stereocenters. The van der Waals surface area contributed by atoms with Crippen molar-refractivity contribution < 1.29 is 9.59 Å². The maximum Gasteiger partial charge on any atom is 0.257 e.